The maximum atomic E-state index is 11.3. The number of carbonyl (C=O) groups is 1. The molecule has 0 spiro atoms. The molecule has 1 aliphatic heterocycles. The molecule has 110 valence electrons. The van der Waals surface area contributed by atoms with E-state index < -0.39 is 10.2 Å². The summed E-state index contributed by atoms with van der Waals surface area (Å²) in [5.74, 6) is 0.448. The predicted octanol–water partition coefficient (Wildman–Crippen LogP) is 0.0922. The minimum absolute atomic E-state index is 0.0448. The van der Waals surface area contributed by atoms with Crippen molar-refractivity contribution < 1.29 is 17.8 Å². The van der Waals surface area contributed by atoms with Gasteiger partial charge in [-0.15, -0.1) is 0 Å². The van der Waals surface area contributed by atoms with Gasteiger partial charge in [-0.2, -0.15) is 12.7 Å². The van der Waals surface area contributed by atoms with E-state index in [9.17, 15) is 13.2 Å². The molecule has 2 heterocycles. The van der Waals surface area contributed by atoms with E-state index in [0.29, 0.717) is 24.6 Å². The maximum absolute atomic E-state index is 11.3. The standard InChI is InChI=1S/C13H20N3O3S/c1-11(17)13-3-2-6-15(10-13)9-12-4-7-16(8-5-12)20(14,18)19/h2-3,6,10,12H,4-5,7-9H2,1H3,(H2,14,18,19)/q+1. The lowest BCUT2D eigenvalue weighted by Crippen LogP contribution is -2.46. The van der Waals surface area contributed by atoms with Crippen LogP contribution >= 0.6 is 0 Å². The van der Waals surface area contributed by atoms with E-state index in [4.69, 9.17) is 5.14 Å². The molecule has 1 aromatic rings. The van der Waals surface area contributed by atoms with Gasteiger partial charge < -0.3 is 0 Å². The normalized spacial score (nSPS) is 18.1. The zero-order valence-electron chi connectivity index (χ0n) is 11.5. The first-order chi connectivity index (χ1) is 9.36. The van der Waals surface area contributed by atoms with E-state index in [0.717, 1.165) is 19.4 Å². The smallest absolute Gasteiger partial charge is 0.276 e. The highest BCUT2D eigenvalue weighted by Gasteiger charge is 2.27. The highest BCUT2D eigenvalue weighted by molar-refractivity contribution is 7.86. The maximum Gasteiger partial charge on any atom is 0.276 e. The third-order valence-corrected chi connectivity index (χ3v) is 4.75. The number of piperidine rings is 1. The van der Waals surface area contributed by atoms with Crippen LogP contribution in [0, 0.1) is 5.92 Å². The Morgan fingerprint density at radius 3 is 2.65 bits per heavy atom. The Balaban J connectivity index is 1.96. The van der Waals surface area contributed by atoms with Crippen LogP contribution in [0.15, 0.2) is 24.5 Å². The fourth-order valence-corrected chi connectivity index (χ4v) is 3.21. The summed E-state index contributed by atoms with van der Waals surface area (Å²) in [7, 11) is -3.56. The van der Waals surface area contributed by atoms with Gasteiger partial charge in [0.1, 0.15) is 0 Å². The molecule has 2 rings (SSSR count). The van der Waals surface area contributed by atoms with E-state index in [2.05, 4.69) is 0 Å². The lowest BCUT2D eigenvalue weighted by Gasteiger charge is -2.28. The van der Waals surface area contributed by atoms with Crippen molar-refractivity contribution in [1.29, 1.82) is 0 Å². The quantitative estimate of drug-likeness (QED) is 0.631. The third kappa shape index (κ3) is 3.84. The number of Topliss-reactive ketones (excluding diaryl/α,β-unsaturated/α-hetero) is 1. The molecule has 0 unspecified atom stereocenters. The number of rotatable bonds is 4. The SMILES string of the molecule is CC(=O)c1ccc[n+](CC2CCN(S(N)(=O)=O)CC2)c1. The predicted molar refractivity (Wildman–Crippen MR) is 74.0 cm³/mol. The minimum Gasteiger partial charge on any atom is -0.294 e. The van der Waals surface area contributed by atoms with Crippen LogP contribution in [-0.4, -0.2) is 31.6 Å². The molecule has 1 aromatic heterocycles. The number of aromatic nitrogens is 1. The van der Waals surface area contributed by atoms with Crippen molar-refractivity contribution in [3.63, 3.8) is 0 Å². The average Bonchev–Trinajstić information content (AvgIpc) is 2.38. The topological polar surface area (TPSA) is 84.3 Å². The second-order valence-corrected chi connectivity index (χ2v) is 6.78. The Hall–Kier alpha value is -1.31. The first-order valence-corrected chi connectivity index (χ1v) is 8.14. The summed E-state index contributed by atoms with van der Waals surface area (Å²) in [5.41, 5.74) is 0.689. The molecule has 0 aliphatic carbocycles. The van der Waals surface area contributed by atoms with Crippen molar-refractivity contribution in [2.24, 2.45) is 11.1 Å². The van der Waals surface area contributed by atoms with Gasteiger partial charge >= 0.3 is 0 Å². The van der Waals surface area contributed by atoms with Gasteiger partial charge in [-0.25, -0.2) is 9.71 Å². The van der Waals surface area contributed by atoms with Crippen molar-refractivity contribution in [1.82, 2.24) is 4.31 Å². The van der Waals surface area contributed by atoms with Gasteiger partial charge in [-0.1, -0.05) is 0 Å². The third-order valence-electron chi connectivity index (χ3n) is 3.67. The van der Waals surface area contributed by atoms with Crippen LogP contribution in [0.3, 0.4) is 0 Å². The summed E-state index contributed by atoms with van der Waals surface area (Å²) < 4.78 is 25.8. The molecule has 0 radical (unpaired) electrons. The van der Waals surface area contributed by atoms with Gasteiger partial charge in [0, 0.05) is 25.1 Å². The lowest BCUT2D eigenvalue weighted by molar-refractivity contribution is -0.703. The van der Waals surface area contributed by atoms with E-state index in [1.807, 2.05) is 23.0 Å². The van der Waals surface area contributed by atoms with E-state index >= 15 is 0 Å². The van der Waals surface area contributed by atoms with Gasteiger partial charge in [-0.05, 0) is 25.8 Å². The Morgan fingerprint density at radius 2 is 2.10 bits per heavy atom. The Bertz CT molecular complexity index is 593. The number of carbonyl (C=O) groups excluding carboxylic acids is 1. The molecule has 0 saturated carbocycles. The molecular weight excluding hydrogens is 278 g/mol. The fraction of sp³-hybridized carbons (Fsp3) is 0.538. The van der Waals surface area contributed by atoms with Gasteiger partial charge in [0.15, 0.2) is 24.7 Å². The molecule has 1 aliphatic rings. The monoisotopic (exact) mass is 298 g/mol. The summed E-state index contributed by atoms with van der Waals surface area (Å²) in [5, 5.41) is 5.12. The Morgan fingerprint density at radius 1 is 1.45 bits per heavy atom. The Kier molecular flexibility index (Phi) is 4.52. The van der Waals surface area contributed by atoms with E-state index in [1.165, 1.54) is 4.31 Å². The van der Waals surface area contributed by atoms with Crippen LogP contribution in [0.2, 0.25) is 0 Å². The summed E-state index contributed by atoms with van der Waals surface area (Å²) in [4.78, 5) is 11.3. The molecular formula is C13H20N3O3S+. The second-order valence-electron chi connectivity index (χ2n) is 5.23. The number of hydrogen-bond donors (Lipinski definition) is 1. The minimum atomic E-state index is -3.56. The number of hydrogen-bond acceptors (Lipinski definition) is 3. The van der Waals surface area contributed by atoms with Crippen molar-refractivity contribution in [2.75, 3.05) is 13.1 Å². The first-order valence-electron chi connectivity index (χ1n) is 6.64. The van der Waals surface area contributed by atoms with E-state index in [-0.39, 0.29) is 5.78 Å². The molecule has 0 bridgehead atoms. The van der Waals surface area contributed by atoms with Gasteiger partial charge in [0.05, 0.1) is 5.56 Å². The van der Waals surface area contributed by atoms with Crippen LogP contribution in [0.4, 0.5) is 0 Å². The molecule has 0 amide bonds. The average molecular weight is 298 g/mol. The lowest BCUT2D eigenvalue weighted by atomic mass is 9.98. The number of nitrogens with zero attached hydrogens (tertiary/aromatic N) is 2. The summed E-state index contributed by atoms with van der Waals surface area (Å²) in [6.07, 6.45) is 5.34. The van der Waals surface area contributed by atoms with Crippen LogP contribution in [0.5, 0.6) is 0 Å². The summed E-state index contributed by atoms with van der Waals surface area (Å²) >= 11 is 0. The van der Waals surface area contributed by atoms with Crippen molar-refractivity contribution in [3.8, 4) is 0 Å². The van der Waals surface area contributed by atoms with Crippen molar-refractivity contribution in [3.05, 3.63) is 30.1 Å². The number of nitrogens with two attached hydrogens (primary N) is 1. The van der Waals surface area contributed by atoms with Crippen molar-refractivity contribution >= 4 is 16.0 Å². The van der Waals surface area contributed by atoms with Crippen LogP contribution < -0.4 is 9.71 Å². The number of pyridine rings is 1. The highest BCUT2D eigenvalue weighted by Crippen LogP contribution is 2.18. The fourth-order valence-electron chi connectivity index (χ4n) is 2.49. The van der Waals surface area contributed by atoms with Crippen LogP contribution in [0.25, 0.3) is 0 Å². The van der Waals surface area contributed by atoms with Crippen LogP contribution in [0.1, 0.15) is 30.1 Å². The van der Waals surface area contributed by atoms with Gasteiger partial charge in [0.2, 0.25) is 0 Å². The first kappa shape index (κ1) is 15.1. The summed E-state index contributed by atoms with van der Waals surface area (Å²) in [6.45, 7) is 3.27. The zero-order chi connectivity index (χ0) is 14.8. The highest BCUT2D eigenvalue weighted by atomic mass is 32.2. The Labute approximate surface area is 119 Å². The molecule has 2 N–H and O–H groups in total. The zero-order valence-corrected chi connectivity index (χ0v) is 12.3. The molecule has 20 heavy (non-hydrogen) atoms. The molecule has 1 saturated heterocycles. The second kappa shape index (κ2) is 5.99. The number of ketones is 1. The molecule has 6 nitrogen and oxygen atoms in total. The van der Waals surface area contributed by atoms with Crippen LogP contribution in [-0.2, 0) is 16.8 Å². The van der Waals surface area contributed by atoms with E-state index in [1.54, 1.807) is 13.0 Å². The molecule has 7 heteroatoms. The molecule has 0 aromatic carbocycles. The summed E-state index contributed by atoms with van der Waals surface area (Å²) in [6, 6.07) is 3.65. The van der Waals surface area contributed by atoms with Gasteiger partial charge in [-0.3, -0.25) is 4.79 Å². The molecule has 0 atom stereocenters. The largest absolute Gasteiger partial charge is 0.294 e. The van der Waals surface area contributed by atoms with Crippen molar-refractivity contribution in [2.45, 2.75) is 26.3 Å². The molecule has 1 fully saturated rings. The van der Waals surface area contributed by atoms with Gasteiger partial charge in [0.25, 0.3) is 10.2 Å².